The van der Waals surface area contributed by atoms with Crippen molar-refractivity contribution in [3.8, 4) is 0 Å². The minimum Gasteiger partial charge on any atom is -0.403 e. The minimum absolute atomic E-state index is 0.234. The van der Waals surface area contributed by atoms with Gasteiger partial charge >= 0.3 is 6.36 Å². The molecule has 0 aliphatic carbocycles. The van der Waals surface area contributed by atoms with Crippen molar-refractivity contribution in [1.82, 2.24) is 0 Å². The molecule has 0 spiro atoms. The molecule has 74 valence electrons. The van der Waals surface area contributed by atoms with Gasteiger partial charge in [-0.3, -0.25) is 0 Å². The highest BCUT2D eigenvalue weighted by Gasteiger charge is 2.32. The van der Waals surface area contributed by atoms with Crippen LogP contribution >= 0.6 is 0 Å². The monoisotopic (exact) mass is 196 g/mol. The predicted molar refractivity (Wildman–Crippen MR) is 40.3 cm³/mol. The molecule has 0 heterocycles. The summed E-state index contributed by atoms with van der Waals surface area (Å²) in [5.74, 6) is -2.26. The maximum Gasteiger partial charge on any atom is 0.573 e. The van der Waals surface area contributed by atoms with E-state index in [9.17, 15) is 17.6 Å². The SMILES string of the molecule is C=C(C)/C=C(/OC(F)(F)F)C(=C)F. The van der Waals surface area contributed by atoms with Crippen LogP contribution in [0.25, 0.3) is 0 Å². The summed E-state index contributed by atoms with van der Waals surface area (Å²) >= 11 is 0. The van der Waals surface area contributed by atoms with E-state index in [0.29, 0.717) is 0 Å². The fraction of sp³-hybridized carbons (Fsp3) is 0.250. The van der Waals surface area contributed by atoms with Crippen molar-refractivity contribution in [2.45, 2.75) is 13.3 Å². The molecule has 0 amide bonds. The average Bonchev–Trinajstić information content (AvgIpc) is 1.81. The zero-order chi connectivity index (χ0) is 10.6. The summed E-state index contributed by atoms with van der Waals surface area (Å²) in [6.45, 7) is 7.37. The third-order valence-corrected chi connectivity index (χ3v) is 0.871. The Morgan fingerprint density at radius 2 is 1.77 bits per heavy atom. The summed E-state index contributed by atoms with van der Waals surface area (Å²) in [6, 6.07) is 0. The van der Waals surface area contributed by atoms with Crippen LogP contribution in [-0.4, -0.2) is 6.36 Å². The van der Waals surface area contributed by atoms with Crippen LogP contribution in [0.4, 0.5) is 17.6 Å². The molecular weight excluding hydrogens is 188 g/mol. The lowest BCUT2D eigenvalue weighted by atomic mass is 10.3. The Kier molecular flexibility index (Phi) is 3.71. The van der Waals surface area contributed by atoms with Gasteiger partial charge in [0.05, 0.1) is 0 Å². The fourth-order valence-electron chi connectivity index (χ4n) is 0.512. The summed E-state index contributed by atoms with van der Waals surface area (Å²) < 4.78 is 50.5. The third-order valence-electron chi connectivity index (χ3n) is 0.871. The Morgan fingerprint density at radius 3 is 2.00 bits per heavy atom. The molecule has 0 atom stereocenters. The Labute approximate surface area is 73.0 Å². The van der Waals surface area contributed by atoms with E-state index in [4.69, 9.17) is 0 Å². The molecule has 0 aromatic carbocycles. The van der Waals surface area contributed by atoms with Crippen molar-refractivity contribution in [1.29, 1.82) is 0 Å². The predicted octanol–water partition coefficient (Wildman–Crippen LogP) is 3.47. The molecule has 1 nitrogen and oxygen atoms in total. The van der Waals surface area contributed by atoms with E-state index in [2.05, 4.69) is 17.9 Å². The summed E-state index contributed by atoms with van der Waals surface area (Å²) in [7, 11) is 0. The average molecular weight is 196 g/mol. The highest BCUT2D eigenvalue weighted by atomic mass is 19.4. The van der Waals surface area contributed by atoms with Gasteiger partial charge in [0.15, 0.2) is 11.6 Å². The van der Waals surface area contributed by atoms with Crippen molar-refractivity contribution >= 4 is 0 Å². The Morgan fingerprint density at radius 1 is 1.31 bits per heavy atom. The topological polar surface area (TPSA) is 9.23 Å². The fourth-order valence-corrected chi connectivity index (χ4v) is 0.512. The van der Waals surface area contributed by atoms with Crippen LogP contribution in [0.15, 0.2) is 36.4 Å². The van der Waals surface area contributed by atoms with Crippen molar-refractivity contribution in [3.05, 3.63) is 36.4 Å². The summed E-state index contributed by atoms with van der Waals surface area (Å²) in [4.78, 5) is 0. The molecule has 0 unspecified atom stereocenters. The molecule has 0 aromatic heterocycles. The molecule has 0 radical (unpaired) electrons. The first-order chi connectivity index (χ1) is 5.72. The number of hydrogen-bond acceptors (Lipinski definition) is 1. The third kappa shape index (κ3) is 5.95. The number of rotatable bonds is 3. The molecule has 0 fully saturated rings. The van der Waals surface area contributed by atoms with E-state index < -0.39 is 17.9 Å². The number of allylic oxidation sites excluding steroid dienone is 3. The highest BCUT2D eigenvalue weighted by molar-refractivity contribution is 5.25. The van der Waals surface area contributed by atoms with Crippen molar-refractivity contribution in [2.75, 3.05) is 0 Å². The van der Waals surface area contributed by atoms with Gasteiger partial charge in [-0.1, -0.05) is 18.7 Å². The largest absolute Gasteiger partial charge is 0.573 e. The highest BCUT2D eigenvalue weighted by Crippen LogP contribution is 2.25. The molecule has 0 saturated carbocycles. The lowest BCUT2D eigenvalue weighted by Gasteiger charge is -2.10. The molecule has 0 aromatic rings. The smallest absolute Gasteiger partial charge is 0.403 e. The van der Waals surface area contributed by atoms with Crippen LogP contribution < -0.4 is 0 Å². The van der Waals surface area contributed by atoms with Gasteiger partial charge in [0, 0.05) is 0 Å². The van der Waals surface area contributed by atoms with Crippen molar-refractivity contribution in [2.24, 2.45) is 0 Å². The van der Waals surface area contributed by atoms with E-state index in [1.165, 1.54) is 6.92 Å². The molecule has 0 bridgehead atoms. The normalized spacial score (nSPS) is 12.5. The van der Waals surface area contributed by atoms with Gasteiger partial charge in [-0.15, -0.1) is 13.2 Å². The second-order valence-corrected chi connectivity index (χ2v) is 2.31. The van der Waals surface area contributed by atoms with Gasteiger partial charge < -0.3 is 4.74 Å². The number of hydrogen-bond donors (Lipinski definition) is 0. The molecule has 0 aliphatic rings. The summed E-state index contributed by atoms with van der Waals surface area (Å²) in [6.07, 6.45) is -4.11. The lowest BCUT2D eigenvalue weighted by Crippen LogP contribution is -2.13. The second-order valence-electron chi connectivity index (χ2n) is 2.31. The van der Waals surface area contributed by atoms with Crippen LogP contribution in [0.3, 0.4) is 0 Å². The quantitative estimate of drug-likeness (QED) is 0.381. The molecule has 0 N–H and O–H groups in total. The van der Waals surface area contributed by atoms with E-state index >= 15 is 0 Å². The first kappa shape index (κ1) is 11.7. The van der Waals surface area contributed by atoms with Crippen LogP contribution in [0.1, 0.15) is 6.92 Å². The van der Waals surface area contributed by atoms with Crippen LogP contribution in [0.5, 0.6) is 0 Å². The number of alkyl halides is 3. The zero-order valence-electron chi connectivity index (χ0n) is 6.91. The maximum absolute atomic E-state index is 12.3. The first-order valence-corrected chi connectivity index (χ1v) is 3.20. The molecule has 0 rings (SSSR count). The van der Waals surface area contributed by atoms with E-state index in [-0.39, 0.29) is 5.57 Å². The molecule has 13 heavy (non-hydrogen) atoms. The standard InChI is InChI=1S/C8H8F4O/c1-5(2)4-7(6(3)9)13-8(10,11)12/h4H,1,3H2,2H3/b7-4+. The van der Waals surface area contributed by atoms with E-state index in [0.717, 1.165) is 6.08 Å². The molecule has 0 aliphatic heterocycles. The van der Waals surface area contributed by atoms with Gasteiger partial charge in [-0.2, -0.15) is 0 Å². The van der Waals surface area contributed by atoms with Crippen molar-refractivity contribution in [3.63, 3.8) is 0 Å². The Bertz CT molecular complexity index is 249. The molecule has 0 saturated heterocycles. The van der Waals surface area contributed by atoms with Crippen LogP contribution in [0.2, 0.25) is 0 Å². The molecule has 5 heteroatoms. The van der Waals surface area contributed by atoms with Gasteiger partial charge in [-0.05, 0) is 13.0 Å². The van der Waals surface area contributed by atoms with E-state index in [1.807, 2.05) is 0 Å². The number of halogens is 4. The Hall–Kier alpha value is -1.26. The van der Waals surface area contributed by atoms with Gasteiger partial charge in [-0.25, -0.2) is 4.39 Å². The minimum atomic E-state index is -4.92. The van der Waals surface area contributed by atoms with Crippen molar-refractivity contribution < 1.29 is 22.3 Å². The van der Waals surface area contributed by atoms with Gasteiger partial charge in [0.1, 0.15) is 0 Å². The Balaban J connectivity index is 4.65. The van der Waals surface area contributed by atoms with E-state index in [1.54, 1.807) is 0 Å². The second kappa shape index (κ2) is 4.11. The van der Waals surface area contributed by atoms with Gasteiger partial charge in [0.25, 0.3) is 0 Å². The van der Waals surface area contributed by atoms with Crippen LogP contribution in [-0.2, 0) is 4.74 Å². The lowest BCUT2D eigenvalue weighted by molar-refractivity contribution is -0.304. The number of ether oxygens (including phenoxy) is 1. The molecular formula is C8H8F4O. The van der Waals surface area contributed by atoms with Gasteiger partial charge in [0.2, 0.25) is 0 Å². The zero-order valence-corrected chi connectivity index (χ0v) is 6.91. The maximum atomic E-state index is 12.3. The summed E-state index contributed by atoms with van der Waals surface area (Å²) in [5, 5.41) is 0. The first-order valence-electron chi connectivity index (χ1n) is 3.20. The van der Waals surface area contributed by atoms with Crippen LogP contribution in [0, 0.1) is 0 Å². The summed E-state index contributed by atoms with van der Waals surface area (Å²) in [5.41, 5.74) is 0.234.